The normalized spacial score (nSPS) is 11.0. The molecule has 5 nitrogen and oxygen atoms in total. The van der Waals surface area contributed by atoms with Crippen molar-refractivity contribution in [1.82, 2.24) is 10.3 Å². The summed E-state index contributed by atoms with van der Waals surface area (Å²) < 4.78 is 46.4. The van der Waals surface area contributed by atoms with Crippen molar-refractivity contribution < 1.29 is 27.4 Å². The van der Waals surface area contributed by atoms with Crippen LogP contribution in [0.1, 0.15) is 15.9 Å². The third-order valence-corrected chi connectivity index (χ3v) is 3.55. The minimum atomic E-state index is -4.77. The van der Waals surface area contributed by atoms with Gasteiger partial charge in [-0.15, -0.1) is 13.2 Å². The van der Waals surface area contributed by atoms with E-state index in [1.165, 1.54) is 24.4 Å². The predicted octanol–water partition coefficient (Wildman–Crippen LogP) is 4.70. The second-order valence-electron chi connectivity index (χ2n) is 5.70. The fourth-order valence-electron chi connectivity index (χ4n) is 2.37. The van der Waals surface area contributed by atoms with Crippen molar-refractivity contribution in [1.29, 1.82) is 0 Å². The molecule has 3 rings (SSSR count). The van der Waals surface area contributed by atoms with Crippen LogP contribution in [-0.4, -0.2) is 17.3 Å². The molecular weight excluding hydrogens is 373 g/mol. The summed E-state index contributed by atoms with van der Waals surface area (Å²) in [7, 11) is 0. The number of rotatable bonds is 6. The fraction of sp³-hybridized carbons (Fsp3) is 0.100. The highest BCUT2D eigenvalue weighted by Gasteiger charge is 2.31. The van der Waals surface area contributed by atoms with E-state index in [0.29, 0.717) is 11.3 Å². The van der Waals surface area contributed by atoms with Crippen LogP contribution in [0, 0.1) is 0 Å². The van der Waals surface area contributed by atoms with Crippen molar-refractivity contribution >= 4 is 5.91 Å². The largest absolute Gasteiger partial charge is 0.573 e. The molecule has 0 bridgehead atoms. The molecule has 0 saturated carbocycles. The number of aromatic nitrogens is 1. The summed E-state index contributed by atoms with van der Waals surface area (Å²) in [5, 5.41) is 2.76. The molecule has 0 unspecified atom stereocenters. The number of nitrogens with one attached hydrogen (secondary N) is 1. The molecule has 28 heavy (non-hydrogen) atoms. The van der Waals surface area contributed by atoms with E-state index in [-0.39, 0.29) is 24.0 Å². The standard InChI is InChI=1S/C20H15F3N2O3/c21-20(22,23)28-18-8-2-7-17(11-18)27-16-6-1-4-14(10-16)12-25-19(26)15-5-3-9-24-13-15/h1-11,13H,12H2,(H,25,26). The summed E-state index contributed by atoms with van der Waals surface area (Å²) in [6.07, 6.45) is -1.73. The first-order valence-corrected chi connectivity index (χ1v) is 8.20. The summed E-state index contributed by atoms with van der Waals surface area (Å²) in [4.78, 5) is 15.9. The highest BCUT2D eigenvalue weighted by Crippen LogP contribution is 2.29. The molecule has 0 atom stereocenters. The van der Waals surface area contributed by atoms with Crippen LogP contribution in [0.5, 0.6) is 17.2 Å². The highest BCUT2D eigenvalue weighted by atomic mass is 19.4. The molecule has 1 N–H and O–H groups in total. The number of alkyl halides is 3. The lowest BCUT2D eigenvalue weighted by Gasteiger charge is -2.11. The van der Waals surface area contributed by atoms with Gasteiger partial charge in [0.1, 0.15) is 17.2 Å². The molecule has 0 radical (unpaired) electrons. The Morgan fingerprint density at radius 1 is 0.964 bits per heavy atom. The van der Waals surface area contributed by atoms with Crippen LogP contribution >= 0.6 is 0 Å². The molecule has 1 amide bonds. The van der Waals surface area contributed by atoms with Gasteiger partial charge in [0, 0.05) is 25.0 Å². The lowest BCUT2D eigenvalue weighted by molar-refractivity contribution is -0.274. The molecule has 2 aromatic carbocycles. The molecule has 0 aliphatic carbocycles. The maximum Gasteiger partial charge on any atom is 0.573 e. The van der Waals surface area contributed by atoms with Crippen molar-refractivity contribution in [3.63, 3.8) is 0 Å². The number of benzene rings is 2. The first-order chi connectivity index (χ1) is 13.4. The maximum atomic E-state index is 12.3. The number of nitrogens with zero attached hydrogens (tertiary/aromatic N) is 1. The number of carbonyl (C=O) groups excluding carboxylic acids is 1. The highest BCUT2D eigenvalue weighted by molar-refractivity contribution is 5.93. The average Bonchev–Trinajstić information content (AvgIpc) is 2.66. The zero-order valence-electron chi connectivity index (χ0n) is 14.4. The van der Waals surface area contributed by atoms with Gasteiger partial charge >= 0.3 is 6.36 Å². The Balaban J connectivity index is 1.64. The van der Waals surface area contributed by atoms with E-state index < -0.39 is 6.36 Å². The van der Waals surface area contributed by atoms with Crippen LogP contribution in [0.15, 0.2) is 73.1 Å². The van der Waals surface area contributed by atoms with Crippen LogP contribution in [0.4, 0.5) is 13.2 Å². The lowest BCUT2D eigenvalue weighted by atomic mass is 10.2. The minimum absolute atomic E-state index is 0.193. The van der Waals surface area contributed by atoms with E-state index in [4.69, 9.17) is 4.74 Å². The molecule has 1 heterocycles. The molecular formula is C20H15F3N2O3. The fourth-order valence-corrected chi connectivity index (χ4v) is 2.37. The number of hydrogen-bond acceptors (Lipinski definition) is 4. The number of hydrogen-bond donors (Lipinski definition) is 1. The molecule has 0 fully saturated rings. The van der Waals surface area contributed by atoms with Crippen LogP contribution in [0.3, 0.4) is 0 Å². The van der Waals surface area contributed by atoms with Gasteiger partial charge in [-0.3, -0.25) is 9.78 Å². The van der Waals surface area contributed by atoms with Crippen molar-refractivity contribution in [3.05, 3.63) is 84.2 Å². The number of amides is 1. The van der Waals surface area contributed by atoms with E-state index in [1.54, 1.807) is 42.6 Å². The van der Waals surface area contributed by atoms with Crippen molar-refractivity contribution in [2.24, 2.45) is 0 Å². The van der Waals surface area contributed by atoms with Gasteiger partial charge in [0.15, 0.2) is 0 Å². The van der Waals surface area contributed by atoms with Crippen molar-refractivity contribution in [3.8, 4) is 17.2 Å². The summed E-state index contributed by atoms with van der Waals surface area (Å²) in [5.74, 6) is -0.0307. The van der Waals surface area contributed by atoms with Crippen LogP contribution in [0.2, 0.25) is 0 Å². The second-order valence-corrected chi connectivity index (χ2v) is 5.70. The van der Waals surface area contributed by atoms with Gasteiger partial charge in [-0.1, -0.05) is 18.2 Å². The average molecular weight is 388 g/mol. The van der Waals surface area contributed by atoms with Gasteiger partial charge in [0.25, 0.3) is 5.91 Å². The van der Waals surface area contributed by atoms with E-state index >= 15 is 0 Å². The van der Waals surface area contributed by atoms with Gasteiger partial charge < -0.3 is 14.8 Å². The van der Waals surface area contributed by atoms with Gasteiger partial charge in [0.2, 0.25) is 0 Å². The maximum absolute atomic E-state index is 12.3. The number of pyridine rings is 1. The first-order valence-electron chi connectivity index (χ1n) is 8.20. The Morgan fingerprint density at radius 2 is 1.68 bits per heavy atom. The van der Waals surface area contributed by atoms with E-state index in [2.05, 4.69) is 15.0 Å². The SMILES string of the molecule is O=C(NCc1cccc(Oc2cccc(OC(F)(F)F)c2)c1)c1cccnc1. The predicted molar refractivity (Wildman–Crippen MR) is 95.0 cm³/mol. The third-order valence-electron chi connectivity index (χ3n) is 3.55. The zero-order valence-corrected chi connectivity index (χ0v) is 14.4. The Bertz CT molecular complexity index is 947. The quantitative estimate of drug-likeness (QED) is 0.665. The molecule has 144 valence electrons. The smallest absolute Gasteiger partial charge is 0.457 e. The van der Waals surface area contributed by atoms with Gasteiger partial charge in [-0.05, 0) is 42.0 Å². The molecule has 0 aliphatic heterocycles. The second kappa shape index (κ2) is 8.43. The topological polar surface area (TPSA) is 60.5 Å². The zero-order chi connectivity index (χ0) is 20.0. The number of ether oxygens (including phenoxy) is 2. The lowest BCUT2D eigenvalue weighted by Crippen LogP contribution is -2.22. The molecule has 0 saturated heterocycles. The molecule has 8 heteroatoms. The van der Waals surface area contributed by atoms with E-state index in [9.17, 15) is 18.0 Å². The summed E-state index contributed by atoms with van der Waals surface area (Å²) in [6, 6.07) is 15.4. The van der Waals surface area contributed by atoms with E-state index in [1.807, 2.05) is 0 Å². The molecule has 0 aliphatic rings. The first kappa shape index (κ1) is 19.2. The number of halogens is 3. The Hall–Kier alpha value is -3.55. The van der Waals surface area contributed by atoms with Crippen LogP contribution < -0.4 is 14.8 Å². The molecule has 1 aromatic heterocycles. The Morgan fingerprint density at radius 3 is 2.39 bits per heavy atom. The van der Waals surface area contributed by atoms with Gasteiger partial charge in [-0.25, -0.2) is 0 Å². The Labute approximate surface area is 158 Å². The minimum Gasteiger partial charge on any atom is -0.457 e. The van der Waals surface area contributed by atoms with E-state index in [0.717, 1.165) is 11.6 Å². The summed E-state index contributed by atoms with van der Waals surface area (Å²) >= 11 is 0. The van der Waals surface area contributed by atoms with Crippen molar-refractivity contribution in [2.75, 3.05) is 0 Å². The van der Waals surface area contributed by atoms with Gasteiger partial charge in [-0.2, -0.15) is 0 Å². The van der Waals surface area contributed by atoms with Crippen molar-refractivity contribution in [2.45, 2.75) is 12.9 Å². The number of carbonyl (C=O) groups is 1. The Kier molecular flexibility index (Phi) is 5.78. The molecule has 0 spiro atoms. The van der Waals surface area contributed by atoms with Crippen LogP contribution in [-0.2, 0) is 6.54 Å². The van der Waals surface area contributed by atoms with Crippen LogP contribution in [0.25, 0.3) is 0 Å². The monoisotopic (exact) mass is 388 g/mol. The third kappa shape index (κ3) is 5.73. The summed E-state index contributed by atoms with van der Waals surface area (Å²) in [5.41, 5.74) is 1.20. The molecule has 3 aromatic rings. The summed E-state index contributed by atoms with van der Waals surface area (Å²) in [6.45, 7) is 0.252. The van der Waals surface area contributed by atoms with Gasteiger partial charge in [0.05, 0.1) is 5.56 Å².